The first-order valence-electron chi connectivity index (χ1n) is 4.20. The van der Waals surface area contributed by atoms with Crippen molar-refractivity contribution in [3.63, 3.8) is 0 Å². The van der Waals surface area contributed by atoms with Gasteiger partial charge in [0.05, 0.1) is 0 Å². The number of benzene rings is 1. The van der Waals surface area contributed by atoms with Crippen molar-refractivity contribution in [3.05, 3.63) is 35.9 Å². The normalized spacial score (nSPS) is 12.4. The van der Waals surface area contributed by atoms with Crippen LogP contribution in [0.15, 0.2) is 30.3 Å². The molecular formula is C10H13NO2. The van der Waals surface area contributed by atoms with Crippen LogP contribution in [-0.4, -0.2) is 17.1 Å². The van der Waals surface area contributed by atoms with Gasteiger partial charge in [-0.1, -0.05) is 30.3 Å². The smallest absolute Gasteiger partial charge is 0.320 e. The molecular weight excluding hydrogens is 166 g/mol. The van der Waals surface area contributed by atoms with E-state index < -0.39 is 12.0 Å². The van der Waals surface area contributed by atoms with E-state index in [-0.39, 0.29) is 0 Å². The van der Waals surface area contributed by atoms with Crippen molar-refractivity contribution in [1.82, 2.24) is 5.32 Å². The van der Waals surface area contributed by atoms with Crippen molar-refractivity contribution in [2.45, 2.75) is 19.5 Å². The SMILES string of the molecule is CC(NCc1ccccc1)C(=O)O. The van der Waals surface area contributed by atoms with Crippen molar-refractivity contribution >= 4 is 5.97 Å². The maximum atomic E-state index is 10.5. The zero-order valence-electron chi connectivity index (χ0n) is 7.53. The predicted octanol–water partition coefficient (Wildman–Crippen LogP) is 1.25. The minimum Gasteiger partial charge on any atom is -0.480 e. The van der Waals surface area contributed by atoms with Gasteiger partial charge in [0.15, 0.2) is 0 Å². The number of carboxylic acids is 1. The molecule has 1 atom stereocenters. The van der Waals surface area contributed by atoms with Crippen LogP contribution in [0.3, 0.4) is 0 Å². The summed E-state index contributed by atoms with van der Waals surface area (Å²) in [5.74, 6) is -0.823. The Hall–Kier alpha value is -1.35. The molecule has 0 bridgehead atoms. The van der Waals surface area contributed by atoms with E-state index in [0.717, 1.165) is 5.56 Å². The third-order valence-electron chi connectivity index (χ3n) is 1.83. The maximum Gasteiger partial charge on any atom is 0.320 e. The molecule has 0 radical (unpaired) electrons. The fourth-order valence-corrected chi connectivity index (χ4v) is 0.954. The van der Waals surface area contributed by atoms with Crippen molar-refractivity contribution in [2.75, 3.05) is 0 Å². The molecule has 0 aliphatic heterocycles. The van der Waals surface area contributed by atoms with Crippen LogP contribution in [-0.2, 0) is 11.3 Å². The van der Waals surface area contributed by atoms with Crippen molar-refractivity contribution in [3.8, 4) is 0 Å². The third kappa shape index (κ3) is 3.25. The van der Waals surface area contributed by atoms with Gasteiger partial charge in [-0.15, -0.1) is 0 Å². The first kappa shape index (κ1) is 9.74. The molecule has 1 unspecified atom stereocenters. The Morgan fingerprint density at radius 3 is 2.62 bits per heavy atom. The van der Waals surface area contributed by atoms with Crippen LogP contribution in [0.5, 0.6) is 0 Å². The zero-order chi connectivity index (χ0) is 9.68. The molecule has 0 aliphatic carbocycles. The molecule has 0 fully saturated rings. The molecule has 0 amide bonds. The quantitative estimate of drug-likeness (QED) is 0.731. The molecule has 1 aromatic rings. The molecule has 0 heterocycles. The van der Waals surface area contributed by atoms with E-state index in [1.54, 1.807) is 6.92 Å². The Labute approximate surface area is 77.4 Å². The Bertz CT molecular complexity index is 272. The first-order chi connectivity index (χ1) is 6.20. The lowest BCUT2D eigenvalue weighted by atomic mass is 10.2. The average Bonchev–Trinajstić information content (AvgIpc) is 2.15. The summed E-state index contributed by atoms with van der Waals surface area (Å²) in [7, 11) is 0. The first-order valence-corrected chi connectivity index (χ1v) is 4.20. The van der Waals surface area contributed by atoms with Crippen LogP contribution < -0.4 is 5.32 Å². The molecule has 3 nitrogen and oxygen atoms in total. The van der Waals surface area contributed by atoms with E-state index in [0.29, 0.717) is 6.54 Å². The number of aliphatic carboxylic acids is 1. The van der Waals surface area contributed by atoms with E-state index in [2.05, 4.69) is 5.32 Å². The molecule has 0 spiro atoms. The van der Waals surface area contributed by atoms with Gasteiger partial charge in [-0.05, 0) is 12.5 Å². The third-order valence-corrected chi connectivity index (χ3v) is 1.83. The Morgan fingerprint density at radius 2 is 2.08 bits per heavy atom. The van der Waals surface area contributed by atoms with E-state index in [4.69, 9.17) is 5.11 Å². The molecule has 3 heteroatoms. The summed E-state index contributed by atoms with van der Waals surface area (Å²) in [6, 6.07) is 9.22. The highest BCUT2D eigenvalue weighted by Gasteiger charge is 2.08. The topological polar surface area (TPSA) is 49.3 Å². The molecule has 0 saturated heterocycles. The maximum absolute atomic E-state index is 10.5. The minimum atomic E-state index is -0.823. The second-order valence-corrected chi connectivity index (χ2v) is 2.93. The van der Waals surface area contributed by atoms with Crippen LogP contribution >= 0.6 is 0 Å². The number of carbonyl (C=O) groups is 1. The number of carboxylic acid groups (broad SMARTS) is 1. The summed E-state index contributed by atoms with van der Waals surface area (Å²) in [5.41, 5.74) is 1.09. The van der Waals surface area contributed by atoms with Gasteiger partial charge in [-0.25, -0.2) is 0 Å². The largest absolute Gasteiger partial charge is 0.480 e. The highest BCUT2D eigenvalue weighted by molar-refractivity contribution is 5.72. The van der Waals surface area contributed by atoms with Crippen LogP contribution in [0.4, 0.5) is 0 Å². The van der Waals surface area contributed by atoms with E-state index in [1.807, 2.05) is 30.3 Å². The molecule has 1 aromatic carbocycles. The molecule has 70 valence electrons. The summed E-state index contributed by atoms with van der Waals surface area (Å²) < 4.78 is 0. The lowest BCUT2D eigenvalue weighted by molar-refractivity contribution is -0.139. The lowest BCUT2D eigenvalue weighted by Gasteiger charge is -2.08. The minimum absolute atomic E-state index is 0.500. The highest BCUT2D eigenvalue weighted by Crippen LogP contribution is 1.97. The monoisotopic (exact) mass is 179 g/mol. The second-order valence-electron chi connectivity index (χ2n) is 2.93. The standard InChI is InChI=1S/C10H13NO2/c1-8(10(12)13)11-7-9-5-3-2-4-6-9/h2-6,8,11H,7H2,1H3,(H,12,13). The number of hydrogen-bond donors (Lipinski definition) is 2. The van der Waals surface area contributed by atoms with E-state index >= 15 is 0 Å². The van der Waals surface area contributed by atoms with E-state index in [1.165, 1.54) is 0 Å². The zero-order valence-corrected chi connectivity index (χ0v) is 7.53. The van der Waals surface area contributed by atoms with Gasteiger partial charge in [0.2, 0.25) is 0 Å². The fraction of sp³-hybridized carbons (Fsp3) is 0.300. The van der Waals surface area contributed by atoms with Crippen molar-refractivity contribution < 1.29 is 9.90 Å². The summed E-state index contributed by atoms with van der Waals surface area (Å²) in [4.78, 5) is 10.5. The Kier molecular flexibility index (Phi) is 3.46. The second kappa shape index (κ2) is 4.62. The molecule has 0 saturated carbocycles. The molecule has 2 N–H and O–H groups in total. The average molecular weight is 179 g/mol. The number of rotatable bonds is 4. The molecule has 0 aromatic heterocycles. The van der Waals surface area contributed by atoms with E-state index in [9.17, 15) is 4.79 Å². The predicted molar refractivity (Wildman–Crippen MR) is 50.4 cm³/mol. The Morgan fingerprint density at radius 1 is 1.46 bits per heavy atom. The van der Waals surface area contributed by atoms with Gasteiger partial charge in [0, 0.05) is 6.54 Å². The van der Waals surface area contributed by atoms with Gasteiger partial charge in [0.1, 0.15) is 6.04 Å². The van der Waals surface area contributed by atoms with Gasteiger partial charge in [0.25, 0.3) is 0 Å². The van der Waals surface area contributed by atoms with Gasteiger partial charge in [-0.2, -0.15) is 0 Å². The highest BCUT2D eigenvalue weighted by atomic mass is 16.4. The van der Waals surface area contributed by atoms with Crippen LogP contribution in [0.2, 0.25) is 0 Å². The van der Waals surface area contributed by atoms with Gasteiger partial charge < -0.3 is 10.4 Å². The summed E-state index contributed by atoms with van der Waals surface area (Å²) in [6.45, 7) is 2.22. The number of nitrogens with one attached hydrogen (secondary N) is 1. The van der Waals surface area contributed by atoms with Gasteiger partial charge in [-0.3, -0.25) is 4.79 Å². The molecule has 13 heavy (non-hydrogen) atoms. The van der Waals surface area contributed by atoms with Crippen molar-refractivity contribution in [1.29, 1.82) is 0 Å². The van der Waals surface area contributed by atoms with Crippen LogP contribution in [0, 0.1) is 0 Å². The molecule has 0 aliphatic rings. The molecule has 1 rings (SSSR count). The van der Waals surface area contributed by atoms with Crippen LogP contribution in [0.1, 0.15) is 12.5 Å². The number of hydrogen-bond acceptors (Lipinski definition) is 2. The van der Waals surface area contributed by atoms with Crippen LogP contribution in [0.25, 0.3) is 0 Å². The van der Waals surface area contributed by atoms with Crippen molar-refractivity contribution in [2.24, 2.45) is 0 Å². The summed E-state index contributed by atoms with van der Waals surface area (Å²) in [5, 5.41) is 11.5. The summed E-state index contributed by atoms with van der Waals surface area (Å²) in [6.07, 6.45) is 0. The Balaban J connectivity index is 2.39. The lowest BCUT2D eigenvalue weighted by Crippen LogP contribution is -2.33. The summed E-state index contributed by atoms with van der Waals surface area (Å²) >= 11 is 0. The van der Waals surface area contributed by atoms with Gasteiger partial charge >= 0.3 is 5.97 Å². The fourth-order valence-electron chi connectivity index (χ4n) is 0.954.